The summed E-state index contributed by atoms with van der Waals surface area (Å²) in [5, 5.41) is 27.6. The Hall–Kier alpha value is -2.16. The summed E-state index contributed by atoms with van der Waals surface area (Å²) < 4.78 is 0. The lowest BCUT2D eigenvalue weighted by Gasteiger charge is -2.21. The molecule has 1 fully saturated rings. The van der Waals surface area contributed by atoms with Gasteiger partial charge in [0.1, 0.15) is 0 Å². The van der Waals surface area contributed by atoms with Gasteiger partial charge in [-0.05, 0) is 6.42 Å². The van der Waals surface area contributed by atoms with E-state index in [1.165, 1.54) is 0 Å². The van der Waals surface area contributed by atoms with Crippen molar-refractivity contribution < 1.29 is 39.3 Å². The lowest BCUT2D eigenvalue weighted by molar-refractivity contribution is -0.199. The minimum Gasteiger partial charge on any atom is -0.481 e. The summed E-state index contributed by atoms with van der Waals surface area (Å²) >= 11 is 0. The van der Waals surface area contributed by atoms with Gasteiger partial charge in [0.25, 0.3) is 5.91 Å². The number of nitrogens with zero attached hydrogens (tertiary/aromatic N) is 1. The van der Waals surface area contributed by atoms with Crippen LogP contribution in [0, 0.1) is 0 Å². The minimum absolute atomic E-state index is 0.189. The van der Waals surface area contributed by atoms with Crippen LogP contribution in [0.3, 0.4) is 0 Å². The maximum Gasteiger partial charge on any atom is 0.336 e. The summed E-state index contributed by atoms with van der Waals surface area (Å²) in [5.74, 6) is -5.03. The van der Waals surface area contributed by atoms with Crippen LogP contribution >= 0.6 is 0 Å². The topological polar surface area (TPSA) is 141 Å². The summed E-state index contributed by atoms with van der Waals surface area (Å²) in [6, 6.07) is 0. The normalized spacial score (nSPS) is 17.9. The molecular formula is C10H13NO8. The molecule has 0 spiro atoms. The molecule has 0 aliphatic carbocycles. The largest absolute Gasteiger partial charge is 0.481 e. The Morgan fingerprint density at radius 1 is 1.26 bits per heavy atom. The number of aliphatic carboxylic acids is 2. The second kappa shape index (κ2) is 5.65. The van der Waals surface area contributed by atoms with Crippen molar-refractivity contribution in [2.45, 2.75) is 31.3 Å². The number of aliphatic hydroxyl groups is 1. The highest BCUT2D eigenvalue weighted by atomic mass is 16.7. The Kier molecular flexibility index (Phi) is 4.43. The van der Waals surface area contributed by atoms with Gasteiger partial charge in [0.05, 0.1) is 19.4 Å². The van der Waals surface area contributed by atoms with Crippen LogP contribution in [0.2, 0.25) is 0 Å². The molecule has 0 aromatic heterocycles. The summed E-state index contributed by atoms with van der Waals surface area (Å²) in [7, 11) is 0. The van der Waals surface area contributed by atoms with Crippen molar-refractivity contribution in [1.29, 1.82) is 0 Å². The van der Waals surface area contributed by atoms with E-state index in [1.54, 1.807) is 0 Å². The average molecular weight is 275 g/mol. The van der Waals surface area contributed by atoms with Gasteiger partial charge >= 0.3 is 17.9 Å². The molecule has 0 saturated carbocycles. The Bertz CT molecular complexity index is 420. The molecular weight excluding hydrogens is 262 g/mol. The minimum atomic E-state index is -2.76. The first-order chi connectivity index (χ1) is 8.74. The van der Waals surface area contributed by atoms with Crippen molar-refractivity contribution in [3.8, 4) is 0 Å². The van der Waals surface area contributed by atoms with Gasteiger partial charge in [-0.15, -0.1) is 0 Å². The van der Waals surface area contributed by atoms with Gasteiger partial charge in [0.2, 0.25) is 0 Å². The summed E-state index contributed by atoms with van der Waals surface area (Å²) in [6.07, 6.45) is -1.49. The molecule has 106 valence electrons. The molecule has 1 rings (SSSR count). The standard InChI is InChI=1S/C10H13NO8/c12-6-2-1-3-11(6)19-8(15)5-10(18,9(16)17)4-7(13)14/h18H,1-5H2,(H,13,14)(H,16,17). The van der Waals surface area contributed by atoms with Crippen LogP contribution in [-0.4, -0.2) is 56.3 Å². The number of hydrogen-bond donors (Lipinski definition) is 3. The number of carboxylic acids is 2. The van der Waals surface area contributed by atoms with E-state index in [4.69, 9.17) is 10.2 Å². The first-order valence-electron chi connectivity index (χ1n) is 5.43. The van der Waals surface area contributed by atoms with Crippen LogP contribution in [0.15, 0.2) is 0 Å². The van der Waals surface area contributed by atoms with Gasteiger partial charge in [-0.2, -0.15) is 5.06 Å². The van der Waals surface area contributed by atoms with E-state index in [-0.39, 0.29) is 13.0 Å². The fourth-order valence-corrected chi connectivity index (χ4v) is 1.58. The molecule has 19 heavy (non-hydrogen) atoms. The molecule has 0 aromatic rings. The maximum absolute atomic E-state index is 11.4. The molecule has 1 unspecified atom stereocenters. The van der Waals surface area contributed by atoms with Crippen LogP contribution in [0.1, 0.15) is 25.7 Å². The SMILES string of the molecule is O=C(O)CC(O)(CC(=O)ON1CCCC1=O)C(=O)O. The molecule has 9 nitrogen and oxygen atoms in total. The number of hydrogen-bond acceptors (Lipinski definition) is 6. The quantitative estimate of drug-likeness (QED) is 0.545. The molecule has 1 heterocycles. The predicted molar refractivity (Wildman–Crippen MR) is 56.5 cm³/mol. The van der Waals surface area contributed by atoms with Crippen LogP contribution in [-0.2, 0) is 24.0 Å². The van der Waals surface area contributed by atoms with Crippen LogP contribution in [0.5, 0.6) is 0 Å². The average Bonchev–Trinajstić information content (AvgIpc) is 2.62. The van der Waals surface area contributed by atoms with Crippen LogP contribution in [0.4, 0.5) is 0 Å². The fourth-order valence-electron chi connectivity index (χ4n) is 1.58. The fraction of sp³-hybridized carbons (Fsp3) is 0.600. The zero-order valence-corrected chi connectivity index (χ0v) is 9.87. The molecule has 1 saturated heterocycles. The smallest absolute Gasteiger partial charge is 0.336 e. The highest BCUT2D eigenvalue weighted by molar-refractivity contribution is 5.89. The number of hydroxylamine groups is 2. The molecule has 1 atom stereocenters. The van der Waals surface area contributed by atoms with Crippen molar-refractivity contribution in [3.63, 3.8) is 0 Å². The maximum atomic E-state index is 11.4. The van der Waals surface area contributed by atoms with E-state index in [2.05, 4.69) is 4.84 Å². The van der Waals surface area contributed by atoms with Crippen LogP contribution in [0.25, 0.3) is 0 Å². The third-order valence-electron chi connectivity index (χ3n) is 2.52. The molecule has 1 amide bonds. The van der Waals surface area contributed by atoms with Crippen molar-refractivity contribution in [3.05, 3.63) is 0 Å². The second-order valence-corrected chi connectivity index (χ2v) is 4.15. The lowest BCUT2D eigenvalue weighted by Crippen LogP contribution is -2.44. The zero-order chi connectivity index (χ0) is 14.6. The highest BCUT2D eigenvalue weighted by Gasteiger charge is 2.42. The first-order valence-corrected chi connectivity index (χ1v) is 5.43. The van der Waals surface area contributed by atoms with Crippen molar-refractivity contribution >= 4 is 23.8 Å². The van der Waals surface area contributed by atoms with Crippen molar-refractivity contribution in [2.24, 2.45) is 0 Å². The predicted octanol–water partition coefficient (Wildman–Crippen LogP) is -1.25. The number of carboxylic acid groups (broad SMARTS) is 2. The lowest BCUT2D eigenvalue weighted by atomic mass is 9.96. The van der Waals surface area contributed by atoms with Gasteiger partial charge < -0.3 is 20.2 Å². The van der Waals surface area contributed by atoms with Gasteiger partial charge in [0, 0.05) is 6.42 Å². The molecule has 1 aliphatic rings. The summed E-state index contributed by atoms with van der Waals surface area (Å²) in [4.78, 5) is 48.4. The van der Waals surface area contributed by atoms with Crippen molar-refractivity contribution in [2.75, 3.05) is 6.54 Å². The number of carbonyl (C=O) groups excluding carboxylic acids is 2. The second-order valence-electron chi connectivity index (χ2n) is 4.15. The summed E-state index contributed by atoms with van der Waals surface area (Å²) in [5.41, 5.74) is -2.76. The van der Waals surface area contributed by atoms with Gasteiger partial charge in [-0.25, -0.2) is 9.59 Å². The van der Waals surface area contributed by atoms with Crippen LogP contribution < -0.4 is 0 Å². The van der Waals surface area contributed by atoms with Gasteiger partial charge in [-0.1, -0.05) is 0 Å². The molecule has 9 heteroatoms. The van der Waals surface area contributed by atoms with Gasteiger partial charge in [0.15, 0.2) is 5.60 Å². The Balaban J connectivity index is 2.63. The molecule has 3 N–H and O–H groups in total. The number of rotatable bonds is 6. The van der Waals surface area contributed by atoms with E-state index < -0.39 is 42.3 Å². The van der Waals surface area contributed by atoms with Gasteiger partial charge in [-0.3, -0.25) is 9.59 Å². The van der Waals surface area contributed by atoms with E-state index in [0.29, 0.717) is 6.42 Å². The Morgan fingerprint density at radius 2 is 1.89 bits per heavy atom. The Labute approximate surface area is 107 Å². The van der Waals surface area contributed by atoms with Crippen molar-refractivity contribution in [1.82, 2.24) is 5.06 Å². The summed E-state index contributed by atoms with van der Waals surface area (Å²) in [6.45, 7) is 0.189. The molecule has 0 bridgehead atoms. The zero-order valence-electron chi connectivity index (χ0n) is 9.87. The van der Waals surface area contributed by atoms with E-state index in [9.17, 15) is 24.3 Å². The molecule has 0 aromatic carbocycles. The molecule has 0 radical (unpaired) electrons. The van der Waals surface area contributed by atoms with E-state index in [1.807, 2.05) is 0 Å². The monoisotopic (exact) mass is 275 g/mol. The first kappa shape index (κ1) is 14.9. The number of carbonyl (C=O) groups is 4. The highest BCUT2D eigenvalue weighted by Crippen LogP contribution is 2.18. The third kappa shape index (κ3) is 3.91. The molecule has 1 aliphatic heterocycles. The van der Waals surface area contributed by atoms with E-state index >= 15 is 0 Å². The third-order valence-corrected chi connectivity index (χ3v) is 2.52. The Morgan fingerprint density at radius 3 is 2.32 bits per heavy atom. The number of amides is 1. The van der Waals surface area contributed by atoms with E-state index in [0.717, 1.165) is 5.06 Å².